The molecule has 104 valence electrons. The summed E-state index contributed by atoms with van der Waals surface area (Å²) < 4.78 is 27.7. The van der Waals surface area contributed by atoms with Crippen LogP contribution in [0, 0.1) is 5.92 Å². The van der Waals surface area contributed by atoms with Crippen LogP contribution >= 0.6 is 11.3 Å². The fourth-order valence-corrected chi connectivity index (χ4v) is 3.44. The summed E-state index contributed by atoms with van der Waals surface area (Å²) in [6.45, 7) is 3.13. The molecule has 0 amide bonds. The Kier molecular flexibility index (Phi) is 6.85. The first kappa shape index (κ1) is 15.6. The van der Waals surface area contributed by atoms with Crippen molar-refractivity contribution in [3.8, 4) is 0 Å². The Morgan fingerprint density at radius 1 is 1.50 bits per heavy atom. The zero-order valence-electron chi connectivity index (χ0n) is 10.7. The van der Waals surface area contributed by atoms with Gasteiger partial charge >= 0.3 is 0 Å². The van der Waals surface area contributed by atoms with Crippen LogP contribution in [0.3, 0.4) is 0 Å². The lowest BCUT2D eigenvalue weighted by atomic mass is 10.1. The van der Waals surface area contributed by atoms with Gasteiger partial charge in [-0.3, -0.25) is 0 Å². The molecule has 2 N–H and O–H groups in total. The van der Waals surface area contributed by atoms with Gasteiger partial charge in [0, 0.05) is 11.3 Å². The first-order chi connectivity index (χ1) is 8.51. The number of rotatable bonds is 9. The number of hydrogen-bond acceptors (Lipinski definition) is 4. The second-order valence-electron chi connectivity index (χ2n) is 4.39. The van der Waals surface area contributed by atoms with Crippen molar-refractivity contribution in [1.29, 1.82) is 0 Å². The topological polar surface area (TPSA) is 69.4 Å². The summed E-state index contributed by atoms with van der Waals surface area (Å²) in [4.78, 5) is 1.29. The third-order valence-corrected chi connectivity index (χ3v) is 4.46. The fourth-order valence-electron chi connectivity index (χ4n) is 1.83. The third kappa shape index (κ3) is 7.10. The van der Waals surface area contributed by atoms with Crippen molar-refractivity contribution in [3.63, 3.8) is 0 Å². The maximum absolute atomic E-state index is 11.1. The van der Waals surface area contributed by atoms with E-state index in [1.807, 2.05) is 18.4 Å². The van der Waals surface area contributed by atoms with Crippen LogP contribution in [0.2, 0.25) is 0 Å². The molecule has 0 bridgehead atoms. The van der Waals surface area contributed by atoms with Crippen molar-refractivity contribution in [2.45, 2.75) is 26.2 Å². The van der Waals surface area contributed by atoms with Gasteiger partial charge in [0.15, 0.2) is 0 Å². The molecule has 0 saturated heterocycles. The van der Waals surface area contributed by atoms with Gasteiger partial charge in [0.25, 0.3) is 0 Å². The van der Waals surface area contributed by atoms with E-state index < -0.39 is 10.0 Å². The van der Waals surface area contributed by atoms with Crippen LogP contribution in [0.15, 0.2) is 17.5 Å². The minimum atomic E-state index is -3.40. The number of primary sulfonamides is 1. The van der Waals surface area contributed by atoms with Gasteiger partial charge in [0.05, 0.1) is 19.0 Å². The average molecular weight is 291 g/mol. The summed E-state index contributed by atoms with van der Waals surface area (Å²) in [5, 5.41) is 7.10. The molecule has 1 unspecified atom stereocenters. The van der Waals surface area contributed by atoms with E-state index in [4.69, 9.17) is 9.88 Å². The van der Waals surface area contributed by atoms with Gasteiger partial charge in [0.2, 0.25) is 10.0 Å². The van der Waals surface area contributed by atoms with Crippen LogP contribution in [-0.2, 0) is 21.2 Å². The summed E-state index contributed by atoms with van der Waals surface area (Å²) in [6, 6.07) is 4.09. The van der Waals surface area contributed by atoms with Crippen molar-refractivity contribution < 1.29 is 13.2 Å². The van der Waals surface area contributed by atoms with E-state index in [1.165, 1.54) is 4.88 Å². The molecule has 0 radical (unpaired) electrons. The van der Waals surface area contributed by atoms with E-state index in [2.05, 4.69) is 6.07 Å². The third-order valence-electron chi connectivity index (χ3n) is 2.59. The molecule has 1 aromatic rings. The largest absolute Gasteiger partial charge is 0.381 e. The van der Waals surface area contributed by atoms with Gasteiger partial charge in [-0.25, -0.2) is 13.6 Å². The minimum absolute atomic E-state index is 0.00772. The van der Waals surface area contributed by atoms with Gasteiger partial charge in [-0.1, -0.05) is 19.4 Å². The highest BCUT2D eigenvalue weighted by Crippen LogP contribution is 2.11. The second kappa shape index (κ2) is 7.89. The summed E-state index contributed by atoms with van der Waals surface area (Å²) in [6.07, 6.45) is 2.65. The number of ether oxygens (including phenoxy) is 1. The van der Waals surface area contributed by atoms with Crippen LogP contribution in [0.25, 0.3) is 0 Å². The maximum atomic E-state index is 11.1. The molecule has 4 nitrogen and oxygen atoms in total. The molecule has 18 heavy (non-hydrogen) atoms. The molecule has 0 aliphatic rings. The molecule has 1 aromatic heterocycles. The van der Waals surface area contributed by atoms with Crippen LogP contribution < -0.4 is 5.14 Å². The highest BCUT2D eigenvalue weighted by molar-refractivity contribution is 7.89. The van der Waals surface area contributed by atoms with Crippen molar-refractivity contribution in [3.05, 3.63) is 22.4 Å². The van der Waals surface area contributed by atoms with E-state index in [-0.39, 0.29) is 11.7 Å². The van der Waals surface area contributed by atoms with Gasteiger partial charge in [-0.2, -0.15) is 0 Å². The Labute approximate surface area is 113 Å². The van der Waals surface area contributed by atoms with E-state index in [0.29, 0.717) is 13.2 Å². The second-order valence-corrected chi connectivity index (χ2v) is 7.08. The lowest BCUT2D eigenvalue weighted by molar-refractivity contribution is 0.105. The quantitative estimate of drug-likeness (QED) is 0.708. The summed E-state index contributed by atoms with van der Waals surface area (Å²) >= 11 is 1.71. The molecule has 6 heteroatoms. The summed E-state index contributed by atoms with van der Waals surface area (Å²) in [7, 11) is -3.40. The number of hydrogen-bond donors (Lipinski definition) is 1. The molecular formula is C12H21NO3S2. The predicted octanol–water partition coefficient (Wildman–Crippen LogP) is 2.01. The Morgan fingerprint density at radius 2 is 2.28 bits per heavy atom. The minimum Gasteiger partial charge on any atom is -0.381 e. The zero-order valence-corrected chi connectivity index (χ0v) is 12.3. The van der Waals surface area contributed by atoms with Gasteiger partial charge < -0.3 is 4.74 Å². The molecule has 0 aliphatic heterocycles. The average Bonchev–Trinajstić information content (AvgIpc) is 2.75. The normalized spacial score (nSPS) is 13.7. The number of thiophene rings is 1. The van der Waals surface area contributed by atoms with E-state index in [1.54, 1.807) is 11.3 Å². The Bertz CT molecular complexity index is 415. The fraction of sp³-hybridized carbons (Fsp3) is 0.667. The van der Waals surface area contributed by atoms with Gasteiger partial charge in [-0.15, -0.1) is 11.3 Å². The predicted molar refractivity (Wildman–Crippen MR) is 75.2 cm³/mol. The summed E-state index contributed by atoms with van der Waals surface area (Å²) in [5.74, 6) is 0.0215. The number of nitrogens with two attached hydrogens (primary N) is 1. The highest BCUT2D eigenvalue weighted by atomic mass is 32.2. The van der Waals surface area contributed by atoms with E-state index in [9.17, 15) is 8.42 Å². The Balaban J connectivity index is 2.25. The molecule has 0 aromatic carbocycles. The lowest BCUT2D eigenvalue weighted by Gasteiger charge is -2.14. The van der Waals surface area contributed by atoms with E-state index >= 15 is 0 Å². The first-order valence-electron chi connectivity index (χ1n) is 6.12. The molecule has 1 rings (SSSR count). The molecule has 0 fully saturated rings. The molecule has 0 spiro atoms. The van der Waals surface area contributed by atoms with Crippen LogP contribution in [0.5, 0.6) is 0 Å². The molecule has 1 atom stereocenters. The molecule has 1 heterocycles. The van der Waals surface area contributed by atoms with Crippen molar-refractivity contribution in [2.24, 2.45) is 11.1 Å². The van der Waals surface area contributed by atoms with Crippen molar-refractivity contribution >= 4 is 21.4 Å². The van der Waals surface area contributed by atoms with Crippen molar-refractivity contribution in [1.82, 2.24) is 0 Å². The van der Waals surface area contributed by atoms with Gasteiger partial charge in [0.1, 0.15) is 0 Å². The van der Waals surface area contributed by atoms with Crippen LogP contribution in [0.4, 0.5) is 0 Å². The Morgan fingerprint density at radius 3 is 2.83 bits per heavy atom. The van der Waals surface area contributed by atoms with E-state index in [0.717, 1.165) is 19.3 Å². The monoisotopic (exact) mass is 291 g/mol. The first-order valence-corrected chi connectivity index (χ1v) is 8.71. The van der Waals surface area contributed by atoms with Crippen LogP contribution in [-0.4, -0.2) is 27.4 Å². The standard InChI is InChI=1S/C12H21NO3S2/c1-2-4-11(10-18(13,14)15)9-16-7-6-12-5-3-8-17-12/h3,5,8,11H,2,4,6-7,9-10H2,1H3,(H2,13,14,15). The smallest absolute Gasteiger partial charge is 0.209 e. The maximum Gasteiger partial charge on any atom is 0.209 e. The van der Waals surface area contributed by atoms with Crippen molar-refractivity contribution in [2.75, 3.05) is 19.0 Å². The molecule has 0 aliphatic carbocycles. The molecular weight excluding hydrogens is 270 g/mol. The Hall–Kier alpha value is -0.430. The number of sulfonamides is 1. The van der Waals surface area contributed by atoms with Gasteiger partial charge in [-0.05, 0) is 23.8 Å². The highest BCUT2D eigenvalue weighted by Gasteiger charge is 2.15. The SMILES string of the molecule is CCCC(COCCc1cccs1)CS(N)(=O)=O. The molecule has 0 saturated carbocycles. The zero-order chi connectivity index (χ0) is 13.4. The van der Waals surface area contributed by atoms with Crippen LogP contribution in [0.1, 0.15) is 24.6 Å². The summed E-state index contributed by atoms with van der Waals surface area (Å²) in [5.41, 5.74) is 0. The lowest BCUT2D eigenvalue weighted by Crippen LogP contribution is -2.26.